The van der Waals surface area contributed by atoms with Crippen LogP contribution in [-0.2, 0) is 9.53 Å². The summed E-state index contributed by atoms with van der Waals surface area (Å²) in [5.41, 5.74) is 8.82. The molecule has 7 nitrogen and oxygen atoms in total. The Morgan fingerprint density at radius 2 is 1.69 bits per heavy atom. The van der Waals surface area contributed by atoms with Crippen LogP contribution in [0.3, 0.4) is 0 Å². The lowest BCUT2D eigenvalue weighted by Gasteiger charge is -2.09. The first-order chi connectivity index (χ1) is 14.0. The number of primary amides is 1. The van der Waals surface area contributed by atoms with Crippen LogP contribution in [0.25, 0.3) is 28.0 Å². The third-order valence-corrected chi connectivity index (χ3v) is 4.45. The van der Waals surface area contributed by atoms with E-state index in [0.717, 1.165) is 11.3 Å². The first-order valence-electron chi connectivity index (χ1n) is 9.01. The van der Waals surface area contributed by atoms with Gasteiger partial charge in [-0.2, -0.15) is 5.10 Å². The largest absolute Gasteiger partial charge is 0.452 e. The smallest absolute Gasteiger partial charge is 0.339 e. The zero-order valence-electron chi connectivity index (χ0n) is 15.7. The van der Waals surface area contributed by atoms with Gasteiger partial charge in [-0.3, -0.25) is 4.79 Å². The molecule has 1 amide bonds. The molecule has 0 unspecified atom stereocenters. The van der Waals surface area contributed by atoms with E-state index in [1.165, 1.54) is 0 Å². The van der Waals surface area contributed by atoms with Gasteiger partial charge in [-0.25, -0.2) is 14.5 Å². The molecule has 7 heteroatoms. The maximum absolute atomic E-state index is 12.7. The quantitative estimate of drug-likeness (QED) is 0.532. The van der Waals surface area contributed by atoms with Crippen LogP contribution in [0.1, 0.15) is 16.1 Å². The van der Waals surface area contributed by atoms with Crippen LogP contribution in [0.2, 0.25) is 0 Å². The number of pyridine rings is 1. The van der Waals surface area contributed by atoms with E-state index >= 15 is 0 Å². The molecule has 0 aliphatic rings. The molecule has 0 radical (unpaired) electrons. The van der Waals surface area contributed by atoms with Gasteiger partial charge in [0.15, 0.2) is 12.3 Å². The normalized spacial score (nSPS) is 10.8. The molecule has 0 bridgehead atoms. The molecule has 4 rings (SSSR count). The van der Waals surface area contributed by atoms with Crippen molar-refractivity contribution in [3.63, 3.8) is 0 Å². The standard InChI is InChI=1S/C22H18N4O3/c1-14-20-17(22(28)29-13-19(23)27)12-18(15-8-4-2-5-9-15)24-21(20)26(25-14)16-10-6-3-7-11-16/h2-12H,13H2,1H3,(H2,23,27). The monoisotopic (exact) mass is 386 g/mol. The van der Waals surface area contributed by atoms with Crippen LogP contribution in [0.15, 0.2) is 66.7 Å². The van der Waals surface area contributed by atoms with Crippen molar-refractivity contribution in [2.75, 3.05) is 6.61 Å². The lowest BCUT2D eigenvalue weighted by Crippen LogP contribution is -2.21. The second-order valence-electron chi connectivity index (χ2n) is 6.49. The van der Waals surface area contributed by atoms with E-state index in [-0.39, 0.29) is 5.56 Å². The van der Waals surface area contributed by atoms with Crippen molar-refractivity contribution in [1.82, 2.24) is 14.8 Å². The second-order valence-corrected chi connectivity index (χ2v) is 6.49. The number of benzene rings is 2. The Morgan fingerprint density at radius 3 is 2.34 bits per heavy atom. The molecule has 0 aliphatic heterocycles. The van der Waals surface area contributed by atoms with Gasteiger partial charge in [0.2, 0.25) is 0 Å². The van der Waals surface area contributed by atoms with Gasteiger partial charge >= 0.3 is 5.97 Å². The van der Waals surface area contributed by atoms with Crippen LogP contribution < -0.4 is 5.73 Å². The average Bonchev–Trinajstić information content (AvgIpc) is 3.09. The van der Waals surface area contributed by atoms with Crippen LogP contribution in [-0.4, -0.2) is 33.2 Å². The maximum Gasteiger partial charge on any atom is 0.339 e. The molecule has 2 N–H and O–H groups in total. The minimum Gasteiger partial charge on any atom is -0.452 e. The van der Waals surface area contributed by atoms with Crippen molar-refractivity contribution in [1.29, 1.82) is 0 Å². The van der Waals surface area contributed by atoms with Gasteiger partial charge in [0, 0.05) is 5.56 Å². The number of rotatable bonds is 5. The fraction of sp³-hybridized carbons (Fsp3) is 0.0909. The number of carbonyl (C=O) groups excluding carboxylic acids is 2. The molecule has 0 fully saturated rings. The Bertz CT molecular complexity index is 1200. The van der Waals surface area contributed by atoms with Gasteiger partial charge in [0.05, 0.1) is 28.0 Å². The predicted molar refractivity (Wildman–Crippen MR) is 109 cm³/mol. The summed E-state index contributed by atoms with van der Waals surface area (Å²) in [7, 11) is 0. The number of hydrogen-bond acceptors (Lipinski definition) is 5. The molecule has 0 spiro atoms. The third kappa shape index (κ3) is 3.58. The average molecular weight is 386 g/mol. The molecule has 0 saturated heterocycles. The van der Waals surface area contributed by atoms with Gasteiger partial charge in [-0.05, 0) is 25.1 Å². The van der Waals surface area contributed by atoms with Crippen LogP contribution in [0, 0.1) is 6.92 Å². The predicted octanol–water partition coefficient (Wildman–Crippen LogP) is 3.04. The Labute approximate surface area is 166 Å². The Balaban J connectivity index is 1.96. The summed E-state index contributed by atoms with van der Waals surface area (Å²) in [5.74, 6) is -1.37. The third-order valence-electron chi connectivity index (χ3n) is 4.45. The summed E-state index contributed by atoms with van der Waals surface area (Å²) >= 11 is 0. The fourth-order valence-electron chi connectivity index (χ4n) is 3.17. The first kappa shape index (κ1) is 18.4. The number of nitrogens with zero attached hydrogens (tertiary/aromatic N) is 3. The van der Waals surface area contributed by atoms with E-state index in [1.54, 1.807) is 17.7 Å². The lowest BCUT2D eigenvalue weighted by molar-refractivity contribution is -0.121. The SMILES string of the molecule is Cc1nn(-c2ccccc2)c2nc(-c3ccccc3)cc(C(=O)OCC(N)=O)c12. The van der Waals surface area contributed by atoms with Gasteiger partial charge in [0.1, 0.15) is 0 Å². The molecule has 2 heterocycles. The Morgan fingerprint density at radius 1 is 1.03 bits per heavy atom. The number of nitrogens with two attached hydrogens (primary N) is 1. The number of aryl methyl sites for hydroxylation is 1. The molecule has 0 atom stereocenters. The Hall–Kier alpha value is -4.00. The molecule has 2 aromatic carbocycles. The van der Waals surface area contributed by atoms with Crippen molar-refractivity contribution in [2.24, 2.45) is 5.73 Å². The molecule has 29 heavy (non-hydrogen) atoms. The zero-order chi connectivity index (χ0) is 20.4. The van der Waals surface area contributed by atoms with Crippen molar-refractivity contribution in [2.45, 2.75) is 6.92 Å². The molecule has 0 saturated carbocycles. The number of fused-ring (bicyclic) bond motifs is 1. The number of para-hydroxylation sites is 1. The van der Waals surface area contributed by atoms with E-state index in [1.807, 2.05) is 60.7 Å². The Kier molecular flexibility index (Phi) is 4.78. The first-order valence-corrected chi connectivity index (χ1v) is 9.01. The number of carbonyl (C=O) groups is 2. The van der Waals surface area contributed by atoms with E-state index in [4.69, 9.17) is 15.5 Å². The summed E-state index contributed by atoms with van der Waals surface area (Å²) in [5, 5.41) is 5.16. The van der Waals surface area contributed by atoms with E-state index in [2.05, 4.69) is 5.10 Å². The van der Waals surface area contributed by atoms with E-state index in [9.17, 15) is 9.59 Å². The van der Waals surface area contributed by atoms with Crippen molar-refractivity contribution >= 4 is 22.9 Å². The highest BCUT2D eigenvalue weighted by Crippen LogP contribution is 2.29. The van der Waals surface area contributed by atoms with Crippen molar-refractivity contribution < 1.29 is 14.3 Å². The van der Waals surface area contributed by atoms with Crippen LogP contribution >= 0.6 is 0 Å². The number of amides is 1. The molecular formula is C22H18N4O3. The number of aromatic nitrogens is 3. The minimum absolute atomic E-state index is 0.287. The number of hydrogen-bond donors (Lipinski definition) is 1. The molecule has 0 aliphatic carbocycles. The van der Waals surface area contributed by atoms with Gasteiger partial charge in [-0.15, -0.1) is 0 Å². The zero-order valence-corrected chi connectivity index (χ0v) is 15.7. The summed E-state index contributed by atoms with van der Waals surface area (Å²) in [6.45, 7) is 1.31. The molecule has 4 aromatic rings. The molecular weight excluding hydrogens is 368 g/mol. The van der Waals surface area contributed by atoms with E-state index < -0.39 is 18.5 Å². The van der Waals surface area contributed by atoms with Crippen LogP contribution in [0.4, 0.5) is 0 Å². The minimum atomic E-state index is -0.719. The van der Waals surface area contributed by atoms with Crippen molar-refractivity contribution in [3.05, 3.63) is 78.0 Å². The molecule has 144 valence electrons. The maximum atomic E-state index is 12.7. The van der Waals surface area contributed by atoms with Crippen molar-refractivity contribution in [3.8, 4) is 16.9 Å². The van der Waals surface area contributed by atoms with Gasteiger partial charge in [-0.1, -0.05) is 48.5 Å². The van der Waals surface area contributed by atoms with Crippen LogP contribution in [0.5, 0.6) is 0 Å². The topological polar surface area (TPSA) is 100 Å². The summed E-state index contributed by atoms with van der Waals surface area (Å²) in [6.07, 6.45) is 0. The lowest BCUT2D eigenvalue weighted by atomic mass is 10.1. The summed E-state index contributed by atoms with van der Waals surface area (Å²) in [6, 6.07) is 20.7. The van der Waals surface area contributed by atoms with Gasteiger partial charge in [0.25, 0.3) is 5.91 Å². The van der Waals surface area contributed by atoms with E-state index in [0.29, 0.717) is 22.4 Å². The number of ether oxygens (including phenoxy) is 1. The number of esters is 1. The highest BCUT2D eigenvalue weighted by molar-refractivity contribution is 6.05. The highest BCUT2D eigenvalue weighted by atomic mass is 16.5. The van der Waals surface area contributed by atoms with Gasteiger partial charge < -0.3 is 10.5 Å². The second kappa shape index (κ2) is 7.55. The fourth-order valence-corrected chi connectivity index (χ4v) is 3.17. The summed E-state index contributed by atoms with van der Waals surface area (Å²) in [4.78, 5) is 28.6. The summed E-state index contributed by atoms with van der Waals surface area (Å²) < 4.78 is 6.78. The molecule has 2 aromatic heterocycles. The highest BCUT2D eigenvalue weighted by Gasteiger charge is 2.22.